The highest BCUT2D eigenvalue weighted by Gasteiger charge is 2.30. The SMILES string of the molecule is NC1=C(Nc2ccc(I)cc2)C(=O)c2ccccc2C1=O. The normalized spacial score (nSPS) is 14.1. The van der Waals surface area contributed by atoms with Crippen LogP contribution in [0.2, 0.25) is 0 Å². The van der Waals surface area contributed by atoms with Gasteiger partial charge in [0.1, 0.15) is 11.4 Å². The smallest absolute Gasteiger partial charge is 0.212 e. The predicted octanol–water partition coefficient (Wildman–Crippen LogP) is 2.95. The summed E-state index contributed by atoms with van der Waals surface area (Å²) >= 11 is 2.19. The van der Waals surface area contributed by atoms with Gasteiger partial charge in [0, 0.05) is 20.4 Å². The second kappa shape index (κ2) is 5.33. The zero-order valence-electron chi connectivity index (χ0n) is 10.9. The Morgan fingerprint density at radius 2 is 1.43 bits per heavy atom. The zero-order valence-corrected chi connectivity index (χ0v) is 13.0. The fourth-order valence-electron chi connectivity index (χ4n) is 2.20. The van der Waals surface area contributed by atoms with E-state index in [-0.39, 0.29) is 23.0 Å². The van der Waals surface area contributed by atoms with Gasteiger partial charge in [0.2, 0.25) is 11.6 Å². The van der Waals surface area contributed by atoms with E-state index in [1.165, 1.54) is 0 Å². The van der Waals surface area contributed by atoms with Crippen LogP contribution in [0.25, 0.3) is 0 Å². The van der Waals surface area contributed by atoms with Crippen molar-refractivity contribution in [3.63, 3.8) is 0 Å². The van der Waals surface area contributed by atoms with E-state index in [0.717, 1.165) is 3.57 Å². The van der Waals surface area contributed by atoms with Crippen LogP contribution >= 0.6 is 22.6 Å². The number of hydrogen-bond acceptors (Lipinski definition) is 4. The van der Waals surface area contributed by atoms with Crippen LogP contribution in [0.4, 0.5) is 5.69 Å². The Morgan fingerprint density at radius 3 is 2.05 bits per heavy atom. The molecule has 0 radical (unpaired) electrons. The van der Waals surface area contributed by atoms with Crippen LogP contribution in [-0.2, 0) is 0 Å². The highest BCUT2D eigenvalue weighted by atomic mass is 127. The molecule has 0 aliphatic heterocycles. The number of Topliss-reactive ketones (excluding diaryl/α,β-unsaturated/α-hetero) is 2. The van der Waals surface area contributed by atoms with Crippen LogP contribution < -0.4 is 11.1 Å². The van der Waals surface area contributed by atoms with E-state index in [1.54, 1.807) is 24.3 Å². The van der Waals surface area contributed by atoms with Gasteiger partial charge >= 0.3 is 0 Å². The molecule has 1 aliphatic carbocycles. The third kappa shape index (κ3) is 2.44. The number of carbonyl (C=O) groups excluding carboxylic acids is 2. The number of halogens is 1. The highest BCUT2D eigenvalue weighted by Crippen LogP contribution is 2.25. The van der Waals surface area contributed by atoms with Gasteiger partial charge in [-0.15, -0.1) is 0 Å². The standard InChI is InChI=1S/C16H11IN2O2/c17-9-5-7-10(8-6-9)19-14-13(18)15(20)11-3-1-2-4-12(11)16(14)21/h1-8,19H,18H2. The minimum absolute atomic E-state index is 0.0442. The van der Waals surface area contributed by atoms with Crippen molar-refractivity contribution in [1.82, 2.24) is 0 Å². The summed E-state index contributed by atoms with van der Waals surface area (Å²) in [4.78, 5) is 24.7. The summed E-state index contributed by atoms with van der Waals surface area (Å²) in [7, 11) is 0. The second-order valence-corrected chi connectivity index (χ2v) is 5.87. The molecule has 104 valence electrons. The lowest BCUT2D eigenvalue weighted by atomic mass is 9.90. The maximum atomic E-state index is 12.5. The first kappa shape index (κ1) is 13.8. The van der Waals surface area contributed by atoms with Gasteiger partial charge in [-0.05, 0) is 46.9 Å². The van der Waals surface area contributed by atoms with Gasteiger partial charge in [-0.25, -0.2) is 0 Å². The van der Waals surface area contributed by atoms with E-state index < -0.39 is 0 Å². The molecule has 0 aromatic heterocycles. The first-order chi connectivity index (χ1) is 10.1. The highest BCUT2D eigenvalue weighted by molar-refractivity contribution is 14.1. The van der Waals surface area contributed by atoms with Gasteiger partial charge in [-0.1, -0.05) is 24.3 Å². The van der Waals surface area contributed by atoms with Gasteiger partial charge in [0.15, 0.2) is 0 Å². The molecule has 0 heterocycles. The van der Waals surface area contributed by atoms with Crippen LogP contribution in [0.1, 0.15) is 20.7 Å². The van der Waals surface area contributed by atoms with Gasteiger partial charge in [-0.2, -0.15) is 0 Å². The monoisotopic (exact) mass is 390 g/mol. The molecular formula is C16H11IN2O2. The Kier molecular flexibility index (Phi) is 3.50. The Morgan fingerprint density at radius 1 is 0.857 bits per heavy atom. The van der Waals surface area contributed by atoms with E-state index in [4.69, 9.17) is 5.73 Å². The summed E-state index contributed by atoms with van der Waals surface area (Å²) in [5.74, 6) is -0.584. The predicted molar refractivity (Wildman–Crippen MR) is 89.1 cm³/mol. The van der Waals surface area contributed by atoms with Crippen LogP contribution in [0.3, 0.4) is 0 Å². The molecule has 0 saturated heterocycles. The number of benzene rings is 2. The Hall–Kier alpha value is -2.15. The fraction of sp³-hybridized carbons (Fsp3) is 0. The molecule has 2 aromatic rings. The molecule has 0 spiro atoms. The number of hydrogen-bond donors (Lipinski definition) is 2. The molecular weight excluding hydrogens is 379 g/mol. The van der Waals surface area contributed by atoms with Gasteiger partial charge in [-0.3, -0.25) is 9.59 Å². The van der Waals surface area contributed by atoms with E-state index in [9.17, 15) is 9.59 Å². The van der Waals surface area contributed by atoms with Gasteiger partial charge < -0.3 is 11.1 Å². The topological polar surface area (TPSA) is 72.2 Å². The number of anilines is 1. The molecule has 3 rings (SSSR count). The number of rotatable bonds is 2. The maximum absolute atomic E-state index is 12.5. The molecule has 0 fully saturated rings. The van der Waals surface area contributed by atoms with Crippen LogP contribution in [0.5, 0.6) is 0 Å². The molecule has 21 heavy (non-hydrogen) atoms. The van der Waals surface area contributed by atoms with E-state index >= 15 is 0 Å². The van der Waals surface area contributed by atoms with Crippen LogP contribution in [-0.4, -0.2) is 11.6 Å². The quantitative estimate of drug-likeness (QED) is 0.774. The molecule has 4 nitrogen and oxygen atoms in total. The fourth-order valence-corrected chi connectivity index (χ4v) is 2.56. The Balaban J connectivity index is 2.02. The summed E-state index contributed by atoms with van der Waals surface area (Å²) < 4.78 is 1.08. The third-order valence-electron chi connectivity index (χ3n) is 3.27. The molecule has 0 amide bonds. The first-order valence-electron chi connectivity index (χ1n) is 6.28. The number of nitrogens with two attached hydrogens (primary N) is 1. The van der Waals surface area contributed by atoms with Crippen LogP contribution in [0, 0.1) is 3.57 Å². The van der Waals surface area contributed by atoms with E-state index in [1.807, 2.05) is 24.3 Å². The molecule has 5 heteroatoms. The average Bonchev–Trinajstić information content (AvgIpc) is 2.51. The van der Waals surface area contributed by atoms with Crippen molar-refractivity contribution in [2.45, 2.75) is 0 Å². The summed E-state index contributed by atoms with van der Waals surface area (Å²) in [5.41, 5.74) is 7.40. The third-order valence-corrected chi connectivity index (χ3v) is 3.99. The second-order valence-electron chi connectivity index (χ2n) is 4.62. The molecule has 0 saturated carbocycles. The minimum atomic E-state index is -0.321. The molecule has 1 aliphatic rings. The van der Waals surface area contributed by atoms with Crippen molar-refractivity contribution in [2.75, 3.05) is 5.32 Å². The number of carbonyl (C=O) groups is 2. The van der Waals surface area contributed by atoms with Crippen molar-refractivity contribution in [3.8, 4) is 0 Å². The molecule has 0 unspecified atom stereocenters. The Bertz CT molecular complexity index is 779. The minimum Gasteiger partial charge on any atom is -0.394 e. The van der Waals surface area contributed by atoms with Crippen molar-refractivity contribution in [1.29, 1.82) is 0 Å². The molecule has 3 N–H and O–H groups in total. The van der Waals surface area contributed by atoms with Gasteiger partial charge in [0.05, 0.1) is 0 Å². The van der Waals surface area contributed by atoms with Crippen molar-refractivity contribution in [3.05, 3.63) is 74.6 Å². The number of nitrogens with one attached hydrogen (secondary N) is 1. The average molecular weight is 390 g/mol. The molecule has 0 bridgehead atoms. The lowest BCUT2D eigenvalue weighted by molar-refractivity contribution is 0.0974. The first-order valence-corrected chi connectivity index (χ1v) is 7.36. The van der Waals surface area contributed by atoms with Crippen molar-refractivity contribution < 1.29 is 9.59 Å². The lowest BCUT2D eigenvalue weighted by Gasteiger charge is -2.19. The van der Waals surface area contributed by atoms with E-state index in [2.05, 4.69) is 27.9 Å². The largest absolute Gasteiger partial charge is 0.394 e. The Labute approximate surface area is 135 Å². The summed E-state index contributed by atoms with van der Waals surface area (Å²) in [6.07, 6.45) is 0. The number of ketones is 2. The summed E-state index contributed by atoms with van der Waals surface area (Å²) in [6, 6.07) is 14.2. The number of allylic oxidation sites excluding steroid dienone is 2. The van der Waals surface area contributed by atoms with Gasteiger partial charge in [0.25, 0.3) is 0 Å². The van der Waals surface area contributed by atoms with Crippen molar-refractivity contribution in [2.24, 2.45) is 5.73 Å². The summed E-state index contributed by atoms with van der Waals surface area (Å²) in [6.45, 7) is 0. The van der Waals surface area contributed by atoms with Crippen LogP contribution in [0.15, 0.2) is 59.9 Å². The number of fused-ring (bicyclic) bond motifs is 1. The van der Waals surface area contributed by atoms with E-state index in [0.29, 0.717) is 16.8 Å². The zero-order chi connectivity index (χ0) is 15.0. The van der Waals surface area contributed by atoms with Crippen molar-refractivity contribution >= 4 is 39.8 Å². The molecule has 2 aromatic carbocycles. The summed E-state index contributed by atoms with van der Waals surface area (Å²) in [5, 5.41) is 2.96. The maximum Gasteiger partial charge on any atom is 0.212 e. The molecule has 0 atom stereocenters. The lowest BCUT2D eigenvalue weighted by Crippen LogP contribution is -2.29.